The highest BCUT2D eigenvalue weighted by Crippen LogP contribution is 2.40. The van der Waals surface area contributed by atoms with Crippen LogP contribution in [0.2, 0.25) is 0 Å². The molecule has 0 atom stereocenters. The van der Waals surface area contributed by atoms with Crippen molar-refractivity contribution in [3.63, 3.8) is 0 Å². The summed E-state index contributed by atoms with van der Waals surface area (Å²) in [5.74, 6) is 1.91. The van der Waals surface area contributed by atoms with E-state index in [1.54, 1.807) is 0 Å². The Hall–Kier alpha value is -7.11. The second-order valence-corrected chi connectivity index (χ2v) is 12.6. The molecule has 0 aliphatic heterocycles. The quantitative estimate of drug-likeness (QED) is 0.169. The van der Waals surface area contributed by atoms with Crippen LogP contribution < -0.4 is 0 Å². The van der Waals surface area contributed by atoms with Gasteiger partial charge in [-0.1, -0.05) is 121 Å². The van der Waals surface area contributed by atoms with Crippen LogP contribution in [0.4, 0.5) is 0 Å². The third-order valence-corrected chi connectivity index (χ3v) is 9.20. The molecule has 0 N–H and O–H groups in total. The lowest BCUT2D eigenvalue weighted by molar-refractivity contribution is 1.07. The maximum absolute atomic E-state index is 4.95. The van der Waals surface area contributed by atoms with Gasteiger partial charge in [0.2, 0.25) is 0 Å². The van der Waals surface area contributed by atoms with Crippen molar-refractivity contribution in [2.45, 2.75) is 0 Å². The molecular weight excluding hydrogens is 635 g/mol. The highest BCUT2D eigenvalue weighted by atomic mass is 15.0. The summed E-state index contributed by atoms with van der Waals surface area (Å²) in [7, 11) is 0. The summed E-state index contributed by atoms with van der Waals surface area (Å²) in [6.45, 7) is 0. The van der Waals surface area contributed by atoms with E-state index in [-0.39, 0.29) is 0 Å². The Morgan fingerprint density at radius 2 is 0.654 bits per heavy atom. The fourth-order valence-electron chi connectivity index (χ4n) is 6.60. The zero-order valence-corrected chi connectivity index (χ0v) is 28.1. The van der Waals surface area contributed by atoms with Crippen LogP contribution in [-0.2, 0) is 0 Å². The summed E-state index contributed by atoms with van der Waals surface area (Å²) in [6, 6.07) is 60.4. The standard InChI is InChI=1S/C47H31N5/c1-3-13-33(14-4-1)45-50-46(34-15-5-2-6-16-34)52-47(51-45)35-23-21-32(22-24-35)41-30-36-17-7-8-18-37(36)31-42(41)38-27-39(43-19-9-11-25-48-43)29-40(28-38)44-20-10-12-26-49-44/h1-31H. The lowest BCUT2D eigenvalue weighted by Crippen LogP contribution is -2.00. The van der Waals surface area contributed by atoms with Crippen molar-refractivity contribution in [3.05, 3.63) is 188 Å². The predicted molar refractivity (Wildman–Crippen MR) is 211 cm³/mol. The van der Waals surface area contributed by atoms with E-state index in [0.717, 1.165) is 61.5 Å². The van der Waals surface area contributed by atoms with E-state index in [2.05, 4.69) is 91.0 Å². The molecule has 6 aromatic carbocycles. The topological polar surface area (TPSA) is 64.5 Å². The minimum absolute atomic E-state index is 0.626. The molecule has 0 saturated carbocycles. The molecule has 0 spiro atoms. The van der Waals surface area contributed by atoms with Gasteiger partial charge in [0.1, 0.15) is 0 Å². The molecule has 0 bridgehead atoms. The summed E-state index contributed by atoms with van der Waals surface area (Å²) in [5.41, 5.74) is 11.1. The summed E-state index contributed by atoms with van der Waals surface area (Å²) in [5, 5.41) is 2.35. The maximum atomic E-state index is 4.95. The van der Waals surface area contributed by atoms with Crippen molar-refractivity contribution >= 4 is 10.8 Å². The molecule has 3 aromatic heterocycles. The van der Waals surface area contributed by atoms with Gasteiger partial charge in [-0.05, 0) is 87.6 Å². The number of hydrogen-bond acceptors (Lipinski definition) is 5. The second-order valence-electron chi connectivity index (χ2n) is 12.6. The molecule has 5 nitrogen and oxygen atoms in total. The van der Waals surface area contributed by atoms with E-state index in [4.69, 9.17) is 24.9 Å². The highest BCUT2D eigenvalue weighted by Gasteiger charge is 2.16. The Morgan fingerprint density at radius 3 is 1.12 bits per heavy atom. The first-order chi connectivity index (χ1) is 25.7. The average molecular weight is 666 g/mol. The number of nitrogens with zero attached hydrogens (tertiary/aromatic N) is 5. The minimum atomic E-state index is 0.626. The van der Waals surface area contributed by atoms with Gasteiger partial charge >= 0.3 is 0 Å². The van der Waals surface area contributed by atoms with Crippen molar-refractivity contribution < 1.29 is 0 Å². The van der Waals surface area contributed by atoms with Gasteiger partial charge < -0.3 is 0 Å². The Kier molecular flexibility index (Phi) is 8.12. The van der Waals surface area contributed by atoms with Gasteiger partial charge in [-0.2, -0.15) is 0 Å². The number of rotatable bonds is 7. The SMILES string of the molecule is c1ccc(-c2nc(-c3ccccc3)nc(-c3ccc(-c4cc5ccccc5cc4-c4cc(-c5ccccn5)cc(-c5ccccn5)c4)cc3)n2)cc1. The molecule has 52 heavy (non-hydrogen) atoms. The van der Waals surface area contributed by atoms with E-state index in [0.29, 0.717) is 17.5 Å². The fraction of sp³-hybridized carbons (Fsp3) is 0. The van der Waals surface area contributed by atoms with Gasteiger partial charge in [-0.25, -0.2) is 15.0 Å². The van der Waals surface area contributed by atoms with Crippen LogP contribution in [0.1, 0.15) is 0 Å². The van der Waals surface area contributed by atoms with Crippen LogP contribution in [-0.4, -0.2) is 24.9 Å². The van der Waals surface area contributed by atoms with Gasteiger partial charge in [-0.15, -0.1) is 0 Å². The van der Waals surface area contributed by atoms with E-state index in [1.807, 2.05) is 97.3 Å². The molecule has 5 heteroatoms. The van der Waals surface area contributed by atoms with Crippen LogP contribution in [0.25, 0.3) is 89.7 Å². The van der Waals surface area contributed by atoms with Crippen molar-refractivity contribution in [1.29, 1.82) is 0 Å². The van der Waals surface area contributed by atoms with E-state index in [1.165, 1.54) is 10.8 Å². The summed E-state index contributed by atoms with van der Waals surface area (Å²) in [6.07, 6.45) is 3.67. The van der Waals surface area contributed by atoms with Gasteiger partial charge in [0.15, 0.2) is 17.5 Å². The largest absolute Gasteiger partial charge is 0.256 e. The van der Waals surface area contributed by atoms with Crippen molar-refractivity contribution in [2.24, 2.45) is 0 Å². The molecule has 0 fully saturated rings. The van der Waals surface area contributed by atoms with E-state index >= 15 is 0 Å². The van der Waals surface area contributed by atoms with Crippen LogP contribution in [0.15, 0.2) is 188 Å². The Balaban J connectivity index is 1.19. The van der Waals surface area contributed by atoms with Gasteiger partial charge in [0.05, 0.1) is 11.4 Å². The van der Waals surface area contributed by atoms with Crippen molar-refractivity contribution in [2.75, 3.05) is 0 Å². The van der Waals surface area contributed by atoms with Gasteiger partial charge in [-0.3, -0.25) is 9.97 Å². The first-order valence-electron chi connectivity index (χ1n) is 17.2. The van der Waals surface area contributed by atoms with E-state index in [9.17, 15) is 0 Å². The van der Waals surface area contributed by atoms with Crippen molar-refractivity contribution in [1.82, 2.24) is 24.9 Å². The third-order valence-electron chi connectivity index (χ3n) is 9.20. The van der Waals surface area contributed by atoms with Gasteiger partial charge in [0.25, 0.3) is 0 Å². The molecule has 0 aliphatic carbocycles. The number of fused-ring (bicyclic) bond motifs is 1. The van der Waals surface area contributed by atoms with Gasteiger partial charge in [0, 0.05) is 40.2 Å². The number of hydrogen-bond donors (Lipinski definition) is 0. The smallest absolute Gasteiger partial charge is 0.164 e. The maximum Gasteiger partial charge on any atom is 0.164 e. The number of pyridine rings is 2. The lowest BCUT2D eigenvalue weighted by Gasteiger charge is -2.16. The number of aromatic nitrogens is 5. The fourth-order valence-corrected chi connectivity index (χ4v) is 6.60. The van der Waals surface area contributed by atoms with Crippen molar-refractivity contribution in [3.8, 4) is 78.9 Å². The summed E-state index contributed by atoms with van der Waals surface area (Å²) in [4.78, 5) is 24.2. The molecule has 0 aliphatic rings. The predicted octanol–water partition coefficient (Wildman–Crippen LogP) is 11.5. The summed E-state index contributed by atoms with van der Waals surface area (Å²) >= 11 is 0. The number of benzene rings is 6. The molecule has 9 aromatic rings. The Bertz CT molecular complexity index is 2530. The zero-order chi connectivity index (χ0) is 34.7. The molecule has 0 amide bonds. The molecule has 9 rings (SSSR count). The molecular formula is C47H31N5. The van der Waals surface area contributed by atoms with Crippen LogP contribution in [0.3, 0.4) is 0 Å². The first-order valence-corrected chi connectivity index (χ1v) is 17.2. The Morgan fingerprint density at radius 1 is 0.269 bits per heavy atom. The van der Waals surface area contributed by atoms with Crippen LogP contribution in [0.5, 0.6) is 0 Å². The third kappa shape index (κ3) is 6.23. The Labute approximate surface area is 302 Å². The molecule has 0 saturated heterocycles. The average Bonchev–Trinajstić information content (AvgIpc) is 3.24. The van der Waals surface area contributed by atoms with E-state index < -0.39 is 0 Å². The highest BCUT2D eigenvalue weighted by molar-refractivity contribution is 5.98. The molecule has 3 heterocycles. The first kappa shape index (κ1) is 30.9. The summed E-state index contributed by atoms with van der Waals surface area (Å²) < 4.78 is 0. The molecule has 0 radical (unpaired) electrons. The zero-order valence-electron chi connectivity index (χ0n) is 28.1. The van der Waals surface area contributed by atoms with Crippen LogP contribution in [0, 0.1) is 0 Å². The monoisotopic (exact) mass is 665 g/mol. The molecule has 244 valence electrons. The normalized spacial score (nSPS) is 11.1. The lowest BCUT2D eigenvalue weighted by atomic mass is 9.89. The second kappa shape index (κ2) is 13.7. The minimum Gasteiger partial charge on any atom is -0.256 e. The molecule has 0 unspecified atom stereocenters. The van der Waals surface area contributed by atoms with Crippen LogP contribution >= 0.6 is 0 Å².